The third kappa shape index (κ3) is 2.01. The minimum atomic E-state index is 0.542. The summed E-state index contributed by atoms with van der Waals surface area (Å²) in [6.45, 7) is 2.47. The van der Waals surface area contributed by atoms with Crippen molar-refractivity contribution in [1.82, 2.24) is 24.5 Å². The molecule has 96 valence electrons. The Bertz CT molecular complexity index is 722. The number of nitrogens with zero attached hydrogens (tertiary/aromatic N) is 5. The summed E-state index contributed by atoms with van der Waals surface area (Å²) in [5.74, 6) is 1.11. The number of hydrogen-bond acceptors (Lipinski definition) is 5. The molecule has 0 unspecified atom stereocenters. The molecule has 0 aliphatic carbocycles. The fourth-order valence-electron chi connectivity index (χ4n) is 1.86. The second kappa shape index (κ2) is 4.64. The summed E-state index contributed by atoms with van der Waals surface area (Å²) < 4.78 is 7.37. The minimum absolute atomic E-state index is 0.542. The molecule has 3 heterocycles. The maximum Gasteiger partial charge on any atom is 0.224 e. The molecule has 0 bridgehead atoms. The molecule has 6 heteroatoms. The van der Waals surface area contributed by atoms with Crippen molar-refractivity contribution in [1.29, 1.82) is 0 Å². The van der Waals surface area contributed by atoms with Crippen LogP contribution in [-0.4, -0.2) is 31.1 Å². The van der Waals surface area contributed by atoms with Gasteiger partial charge in [-0.2, -0.15) is 0 Å². The molecule has 0 aliphatic heterocycles. The fraction of sp³-hybridized carbons (Fsp3) is 0.231. The molecule has 19 heavy (non-hydrogen) atoms. The van der Waals surface area contributed by atoms with E-state index >= 15 is 0 Å². The standard InChI is InChI=1S/C13H13N5O/c1-3-19-13-9(5-4-6-14-13)11-15-7-10-12(17-11)16-8-18(10)2/h4-8H,3H2,1-2H3. The van der Waals surface area contributed by atoms with Gasteiger partial charge in [0.2, 0.25) is 5.88 Å². The smallest absolute Gasteiger partial charge is 0.224 e. The van der Waals surface area contributed by atoms with Crippen LogP contribution in [0.25, 0.3) is 22.6 Å². The lowest BCUT2D eigenvalue weighted by atomic mass is 10.2. The van der Waals surface area contributed by atoms with Crippen molar-refractivity contribution in [3.05, 3.63) is 30.9 Å². The van der Waals surface area contributed by atoms with Gasteiger partial charge in [0, 0.05) is 13.2 Å². The van der Waals surface area contributed by atoms with Crippen molar-refractivity contribution >= 4 is 11.2 Å². The van der Waals surface area contributed by atoms with Gasteiger partial charge in [0.25, 0.3) is 0 Å². The number of pyridine rings is 1. The summed E-state index contributed by atoms with van der Waals surface area (Å²) in [5, 5.41) is 0. The lowest BCUT2D eigenvalue weighted by molar-refractivity contribution is 0.328. The Morgan fingerprint density at radius 3 is 3.00 bits per heavy atom. The summed E-state index contributed by atoms with van der Waals surface area (Å²) in [6, 6.07) is 3.73. The van der Waals surface area contributed by atoms with Crippen molar-refractivity contribution in [2.24, 2.45) is 7.05 Å². The third-order valence-electron chi connectivity index (χ3n) is 2.78. The third-order valence-corrected chi connectivity index (χ3v) is 2.78. The van der Waals surface area contributed by atoms with Gasteiger partial charge in [-0.3, -0.25) is 0 Å². The Morgan fingerprint density at radius 2 is 2.16 bits per heavy atom. The van der Waals surface area contributed by atoms with E-state index in [9.17, 15) is 0 Å². The summed E-state index contributed by atoms with van der Waals surface area (Å²) in [5.41, 5.74) is 2.33. The molecule has 0 spiro atoms. The van der Waals surface area contributed by atoms with Crippen LogP contribution in [0, 0.1) is 0 Å². The number of aryl methyl sites for hydroxylation is 1. The van der Waals surface area contributed by atoms with Crippen molar-refractivity contribution < 1.29 is 4.74 Å². The Labute approximate surface area is 110 Å². The van der Waals surface area contributed by atoms with Gasteiger partial charge in [0.1, 0.15) is 5.52 Å². The molecular weight excluding hydrogens is 242 g/mol. The molecule has 0 fully saturated rings. The van der Waals surface area contributed by atoms with Crippen LogP contribution < -0.4 is 4.74 Å². The second-order valence-electron chi connectivity index (χ2n) is 4.05. The molecule has 0 radical (unpaired) electrons. The zero-order valence-electron chi connectivity index (χ0n) is 10.7. The molecule has 0 aliphatic rings. The van der Waals surface area contributed by atoms with Gasteiger partial charge in [-0.15, -0.1) is 0 Å². The van der Waals surface area contributed by atoms with E-state index in [1.165, 1.54) is 0 Å². The number of hydrogen-bond donors (Lipinski definition) is 0. The van der Waals surface area contributed by atoms with Gasteiger partial charge in [-0.05, 0) is 19.1 Å². The highest BCUT2D eigenvalue weighted by Crippen LogP contribution is 2.25. The number of ether oxygens (including phenoxy) is 1. The van der Waals surface area contributed by atoms with Gasteiger partial charge in [-0.25, -0.2) is 19.9 Å². The summed E-state index contributed by atoms with van der Waals surface area (Å²) in [7, 11) is 1.91. The SMILES string of the molecule is CCOc1ncccc1-c1ncc2c(ncn2C)n1. The lowest BCUT2D eigenvalue weighted by Gasteiger charge is -2.07. The van der Waals surface area contributed by atoms with Crippen LogP contribution in [0.5, 0.6) is 5.88 Å². The summed E-state index contributed by atoms with van der Waals surface area (Å²) in [4.78, 5) is 17.2. The Morgan fingerprint density at radius 1 is 1.26 bits per heavy atom. The van der Waals surface area contributed by atoms with E-state index in [1.54, 1.807) is 18.7 Å². The first kappa shape index (κ1) is 11.6. The molecule has 0 aromatic carbocycles. The van der Waals surface area contributed by atoms with Gasteiger partial charge < -0.3 is 9.30 Å². The van der Waals surface area contributed by atoms with Gasteiger partial charge in [0.05, 0.1) is 24.7 Å². The fourth-order valence-corrected chi connectivity index (χ4v) is 1.86. The zero-order chi connectivity index (χ0) is 13.2. The topological polar surface area (TPSA) is 65.7 Å². The van der Waals surface area contributed by atoms with Crippen LogP contribution in [0.2, 0.25) is 0 Å². The molecule has 0 N–H and O–H groups in total. The number of rotatable bonds is 3. The van der Waals surface area contributed by atoms with Crippen LogP contribution in [0.1, 0.15) is 6.92 Å². The van der Waals surface area contributed by atoms with E-state index in [4.69, 9.17) is 4.74 Å². The van der Waals surface area contributed by atoms with Crippen molar-refractivity contribution in [3.8, 4) is 17.3 Å². The first-order chi connectivity index (χ1) is 9.29. The number of fused-ring (bicyclic) bond motifs is 1. The summed E-state index contributed by atoms with van der Waals surface area (Å²) in [6.07, 6.45) is 5.16. The maximum absolute atomic E-state index is 5.49. The molecule has 0 saturated carbocycles. The predicted molar refractivity (Wildman–Crippen MR) is 70.7 cm³/mol. The molecule has 3 rings (SSSR count). The van der Waals surface area contributed by atoms with Crippen LogP contribution in [0.3, 0.4) is 0 Å². The van der Waals surface area contributed by atoms with E-state index in [2.05, 4.69) is 19.9 Å². The highest BCUT2D eigenvalue weighted by atomic mass is 16.5. The molecule has 3 aromatic heterocycles. The lowest BCUT2D eigenvalue weighted by Crippen LogP contribution is -1.99. The Hall–Kier alpha value is -2.50. The highest BCUT2D eigenvalue weighted by Gasteiger charge is 2.11. The molecule has 0 saturated heterocycles. The van der Waals surface area contributed by atoms with E-state index in [0.717, 1.165) is 11.1 Å². The maximum atomic E-state index is 5.49. The zero-order valence-corrected chi connectivity index (χ0v) is 10.7. The Kier molecular flexibility index (Phi) is 2.83. The molecular formula is C13H13N5O. The molecule has 3 aromatic rings. The highest BCUT2D eigenvalue weighted by molar-refractivity contribution is 5.73. The van der Waals surface area contributed by atoms with Gasteiger partial charge in [-0.1, -0.05) is 0 Å². The van der Waals surface area contributed by atoms with Gasteiger partial charge >= 0.3 is 0 Å². The van der Waals surface area contributed by atoms with E-state index in [-0.39, 0.29) is 0 Å². The van der Waals surface area contributed by atoms with Crippen molar-refractivity contribution in [3.63, 3.8) is 0 Å². The molecule has 0 amide bonds. The van der Waals surface area contributed by atoms with Crippen LogP contribution in [0.4, 0.5) is 0 Å². The van der Waals surface area contributed by atoms with E-state index < -0.39 is 0 Å². The van der Waals surface area contributed by atoms with E-state index in [0.29, 0.717) is 24.0 Å². The predicted octanol–water partition coefficient (Wildman–Crippen LogP) is 1.82. The van der Waals surface area contributed by atoms with Crippen LogP contribution in [0.15, 0.2) is 30.9 Å². The average molecular weight is 255 g/mol. The normalized spacial score (nSPS) is 10.8. The van der Waals surface area contributed by atoms with Crippen molar-refractivity contribution in [2.45, 2.75) is 6.92 Å². The monoisotopic (exact) mass is 255 g/mol. The van der Waals surface area contributed by atoms with Crippen molar-refractivity contribution in [2.75, 3.05) is 6.61 Å². The first-order valence-electron chi connectivity index (χ1n) is 6.02. The summed E-state index contributed by atoms with van der Waals surface area (Å²) >= 11 is 0. The Balaban J connectivity index is 2.13. The first-order valence-corrected chi connectivity index (χ1v) is 6.02. The number of aromatic nitrogens is 5. The minimum Gasteiger partial charge on any atom is -0.477 e. The average Bonchev–Trinajstić information content (AvgIpc) is 2.81. The largest absolute Gasteiger partial charge is 0.477 e. The number of imidazole rings is 1. The van der Waals surface area contributed by atoms with E-state index in [1.807, 2.05) is 30.7 Å². The van der Waals surface area contributed by atoms with Crippen LogP contribution in [-0.2, 0) is 7.05 Å². The quantitative estimate of drug-likeness (QED) is 0.714. The molecule has 0 atom stereocenters. The van der Waals surface area contributed by atoms with Gasteiger partial charge in [0.15, 0.2) is 11.5 Å². The second-order valence-corrected chi connectivity index (χ2v) is 4.05. The van der Waals surface area contributed by atoms with Crippen LogP contribution >= 0.6 is 0 Å². The molecule has 6 nitrogen and oxygen atoms in total.